The van der Waals surface area contributed by atoms with Crippen molar-refractivity contribution in [2.45, 2.75) is 38.1 Å². The molecule has 0 saturated carbocycles. The molecule has 1 unspecified atom stereocenters. The van der Waals surface area contributed by atoms with E-state index in [-0.39, 0.29) is 18.4 Å². The fourth-order valence-corrected chi connectivity index (χ4v) is 5.29. The molecule has 0 aliphatic carbocycles. The predicted octanol–water partition coefficient (Wildman–Crippen LogP) is 5.96. The Balaban J connectivity index is 1.21. The van der Waals surface area contributed by atoms with Crippen molar-refractivity contribution >= 4 is 17.8 Å². The summed E-state index contributed by atoms with van der Waals surface area (Å²) in [7, 11) is 0. The number of hydrogen-bond donors (Lipinski definition) is 1. The lowest BCUT2D eigenvalue weighted by Crippen LogP contribution is -2.41. The van der Waals surface area contributed by atoms with Crippen LogP contribution in [0.4, 0.5) is 14.5 Å². The number of halogens is 2. The number of nitrogens with zero attached hydrogens (tertiary/aromatic N) is 3. The lowest BCUT2D eigenvalue weighted by atomic mass is 9.93. The first kappa shape index (κ1) is 26.8. The lowest BCUT2D eigenvalue weighted by Gasteiger charge is -2.35. The van der Waals surface area contributed by atoms with Crippen LogP contribution in [0, 0.1) is 17.6 Å². The molecule has 0 aromatic heterocycles. The molecule has 1 fully saturated rings. The van der Waals surface area contributed by atoms with Crippen molar-refractivity contribution in [2.24, 2.45) is 11.0 Å². The van der Waals surface area contributed by atoms with E-state index in [0.717, 1.165) is 54.6 Å². The summed E-state index contributed by atoms with van der Waals surface area (Å²) in [6.07, 6.45) is 4.97. The molecular formula is C31H33F2N3O3. The number of carbonyl (C=O) groups excluding carboxylic acids is 1. The van der Waals surface area contributed by atoms with Crippen molar-refractivity contribution in [3.63, 3.8) is 0 Å². The first-order valence-electron chi connectivity index (χ1n) is 13.5. The maximum Gasteiger partial charge on any atom is 0.246 e. The highest BCUT2D eigenvalue weighted by Crippen LogP contribution is 2.34. The zero-order valence-electron chi connectivity index (χ0n) is 21.8. The van der Waals surface area contributed by atoms with Gasteiger partial charge in [0.2, 0.25) is 5.91 Å². The van der Waals surface area contributed by atoms with Crippen LogP contribution in [0.2, 0.25) is 0 Å². The third-order valence-electron chi connectivity index (χ3n) is 7.37. The number of aliphatic hydroxyl groups is 1. The molecular weight excluding hydrogens is 500 g/mol. The molecule has 204 valence electrons. The molecule has 6 nitrogen and oxygen atoms in total. The van der Waals surface area contributed by atoms with Crippen LogP contribution in [0.5, 0.6) is 5.75 Å². The molecule has 0 spiro atoms. The van der Waals surface area contributed by atoms with Gasteiger partial charge in [-0.3, -0.25) is 4.79 Å². The summed E-state index contributed by atoms with van der Waals surface area (Å²) in [6, 6.07) is 19.3. The van der Waals surface area contributed by atoms with Gasteiger partial charge in [-0.25, -0.2) is 13.8 Å². The van der Waals surface area contributed by atoms with E-state index in [1.807, 2.05) is 24.3 Å². The summed E-state index contributed by atoms with van der Waals surface area (Å²) in [5.41, 5.74) is 3.67. The third-order valence-corrected chi connectivity index (χ3v) is 7.37. The Labute approximate surface area is 227 Å². The van der Waals surface area contributed by atoms with Gasteiger partial charge in [0.05, 0.1) is 12.6 Å². The van der Waals surface area contributed by atoms with Crippen molar-refractivity contribution in [1.29, 1.82) is 0 Å². The summed E-state index contributed by atoms with van der Waals surface area (Å²) >= 11 is 0. The SMILES string of the molecule is O=C(C1CCN(c2cccc(-c3cccc(OCCCCO)c3)c2)CC1)N1N=CCC1c1cc(F)cc(F)c1. The van der Waals surface area contributed by atoms with Gasteiger partial charge in [0.1, 0.15) is 17.4 Å². The Kier molecular flexibility index (Phi) is 8.51. The van der Waals surface area contributed by atoms with Gasteiger partial charge in [0.15, 0.2) is 0 Å². The Bertz CT molecular complexity index is 1300. The van der Waals surface area contributed by atoms with E-state index in [1.54, 1.807) is 6.21 Å². The van der Waals surface area contributed by atoms with Crippen molar-refractivity contribution in [1.82, 2.24) is 5.01 Å². The van der Waals surface area contributed by atoms with Gasteiger partial charge in [-0.15, -0.1) is 0 Å². The molecule has 5 rings (SSSR count). The van der Waals surface area contributed by atoms with Gasteiger partial charge in [-0.05, 0) is 78.8 Å². The van der Waals surface area contributed by atoms with Gasteiger partial charge >= 0.3 is 0 Å². The van der Waals surface area contributed by atoms with Gasteiger partial charge < -0.3 is 14.7 Å². The van der Waals surface area contributed by atoms with Crippen LogP contribution in [-0.2, 0) is 4.79 Å². The molecule has 1 amide bonds. The molecule has 3 aromatic carbocycles. The molecule has 8 heteroatoms. The maximum absolute atomic E-state index is 13.8. The normalized spacial score (nSPS) is 17.6. The molecule has 1 N–H and O–H groups in total. The number of benzene rings is 3. The van der Waals surface area contributed by atoms with E-state index >= 15 is 0 Å². The monoisotopic (exact) mass is 533 g/mol. The highest BCUT2D eigenvalue weighted by molar-refractivity contribution is 5.82. The average molecular weight is 534 g/mol. The predicted molar refractivity (Wildman–Crippen MR) is 148 cm³/mol. The average Bonchev–Trinajstić information content (AvgIpc) is 3.45. The van der Waals surface area contributed by atoms with Crippen LogP contribution in [0.25, 0.3) is 11.1 Å². The van der Waals surface area contributed by atoms with Gasteiger partial charge in [-0.1, -0.05) is 24.3 Å². The van der Waals surface area contributed by atoms with Crippen LogP contribution in [0.15, 0.2) is 71.8 Å². The van der Waals surface area contributed by atoms with Crippen LogP contribution >= 0.6 is 0 Å². The summed E-state index contributed by atoms with van der Waals surface area (Å²) < 4.78 is 33.4. The molecule has 1 saturated heterocycles. The molecule has 3 aromatic rings. The lowest BCUT2D eigenvalue weighted by molar-refractivity contribution is -0.138. The number of rotatable bonds is 9. The van der Waals surface area contributed by atoms with Gasteiger partial charge in [-0.2, -0.15) is 5.10 Å². The van der Waals surface area contributed by atoms with E-state index in [0.29, 0.717) is 31.4 Å². The van der Waals surface area contributed by atoms with Crippen molar-refractivity contribution in [3.05, 3.63) is 83.9 Å². The third kappa shape index (κ3) is 6.45. The van der Waals surface area contributed by atoms with Crippen LogP contribution in [-0.4, -0.2) is 48.5 Å². The molecule has 1 atom stereocenters. The van der Waals surface area contributed by atoms with Crippen LogP contribution in [0.1, 0.15) is 43.7 Å². The number of unbranched alkanes of at least 4 members (excludes halogenated alkanes) is 1. The van der Waals surface area contributed by atoms with Crippen molar-refractivity contribution in [2.75, 3.05) is 31.2 Å². The highest BCUT2D eigenvalue weighted by Gasteiger charge is 2.35. The topological polar surface area (TPSA) is 65.4 Å². The van der Waals surface area contributed by atoms with Crippen LogP contribution < -0.4 is 9.64 Å². The highest BCUT2D eigenvalue weighted by atomic mass is 19.1. The fraction of sp³-hybridized carbons (Fsp3) is 0.355. The number of carbonyl (C=O) groups is 1. The first-order valence-corrected chi connectivity index (χ1v) is 13.5. The minimum Gasteiger partial charge on any atom is -0.494 e. The zero-order valence-corrected chi connectivity index (χ0v) is 21.8. The summed E-state index contributed by atoms with van der Waals surface area (Å²) in [5.74, 6) is -0.795. The number of aliphatic hydroxyl groups excluding tert-OH is 1. The van der Waals surface area contributed by atoms with Crippen molar-refractivity contribution < 1.29 is 23.4 Å². The van der Waals surface area contributed by atoms with Gasteiger partial charge in [0.25, 0.3) is 0 Å². The number of ether oxygens (including phenoxy) is 1. The van der Waals surface area contributed by atoms with Crippen molar-refractivity contribution in [3.8, 4) is 16.9 Å². The summed E-state index contributed by atoms with van der Waals surface area (Å²) in [5, 5.41) is 14.6. The van der Waals surface area contributed by atoms with E-state index in [1.165, 1.54) is 17.1 Å². The van der Waals surface area contributed by atoms with Crippen LogP contribution in [0.3, 0.4) is 0 Å². The summed E-state index contributed by atoms with van der Waals surface area (Å²) in [6.45, 7) is 2.19. The van der Waals surface area contributed by atoms with E-state index in [2.05, 4.69) is 34.3 Å². The molecule has 2 aliphatic rings. The molecule has 2 aliphatic heterocycles. The Morgan fingerprint density at radius 3 is 2.41 bits per heavy atom. The Hall–Kier alpha value is -3.78. The van der Waals surface area contributed by atoms with E-state index in [4.69, 9.17) is 9.84 Å². The number of piperidine rings is 1. The summed E-state index contributed by atoms with van der Waals surface area (Å²) in [4.78, 5) is 15.6. The zero-order chi connectivity index (χ0) is 27.2. The molecule has 0 bridgehead atoms. The minimum atomic E-state index is -0.655. The number of hydrazone groups is 1. The van der Waals surface area contributed by atoms with Gasteiger partial charge in [0, 0.05) is 50.0 Å². The Morgan fingerprint density at radius 1 is 0.949 bits per heavy atom. The number of anilines is 1. The molecule has 2 heterocycles. The second kappa shape index (κ2) is 12.4. The molecule has 39 heavy (non-hydrogen) atoms. The second-order valence-electron chi connectivity index (χ2n) is 10.1. The largest absolute Gasteiger partial charge is 0.494 e. The smallest absolute Gasteiger partial charge is 0.246 e. The number of amides is 1. The quantitative estimate of drug-likeness (QED) is 0.345. The van der Waals surface area contributed by atoms with E-state index in [9.17, 15) is 13.6 Å². The van der Waals surface area contributed by atoms with E-state index < -0.39 is 17.7 Å². The molecule has 0 radical (unpaired) electrons. The number of hydrogen-bond acceptors (Lipinski definition) is 5. The standard InChI is InChI=1S/C31H33F2N3O3/c32-26-17-25(18-27(33)21-26)30-9-12-34-36(30)31(38)22-10-13-35(14-11-22)28-7-3-5-23(19-28)24-6-4-8-29(20-24)39-16-2-1-15-37/h3-8,12,17-22,30,37H,1-2,9-11,13-16H2. The maximum atomic E-state index is 13.8. The fourth-order valence-electron chi connectivity index (χ4n) is 5.29. The second-order valence-corrected chi connectivity index (χ2v) is 10.1. The minimum absolute atomic E-state index is 0.0948. The Morgan fingerprint density at radius 2 is 1.67 bits per heavy atom. The first-order chi connectivity index (χ1) is 19.0.